The Kier molecular flexibility index (Phi) is 4.43. The maximum Gasteiger partial charge on any atom is 0.0648 e. The van der Waals surface area contributed by atoms with Gasteiger partial charge in [-0.1, -0.05) is 18.2 Å². The molecule has 0 spiro atoms. The molecule has 0 aromatic carbocycles. The van der Waals surface area contributed by atoms with Gasteiger partial charge in [0.15, 0.2) is 0 Å². The molecule has 1 aliphatic heterocycles. The lowest BCUT2D eigenvalue weighted by atomic mass is 10.2. The maximum atomic E-state index is 3.71. The van der Waals surface area contributed by atoms with E-state index < -0.39 is 0 Å². The van der Waals surface area contributed by atoms with E-state index in [1.807, 2.05) is 31.5 Å². The average molecular weight is 249 g/mol. The highest BCUT2D eigenvalue weighted by Crippen LogP contribution is 2.04. The Labute approximate surface area is 79.1 Å². The molecule has 0 radical (unpaired) electrons. The highest BCUT2D eigenvalue weighted by atomic mass is 127. The third-order valence-corrected chi connectivity index (χ3v) is 1.45. The summed E-state index contributed by atoms with van der Waals surface area (Å²) in [7, 11) is 2.03. The summed E-state index contributed by atoms with van der Waals surface area (Å²) >= 11 is 0. The van der Waals surface area contributed by atoms with Crippen molar-refractivity contribution in [2.45, 2.75) is 6.04 Å². The SMILES string of the molecule is C=CC1C=CC=CN1C.I. The largest absolute Gasteiger partial charge is 0.371 e. The summed E-state index contributed by atoms with van der Waals surface area (Å²) in [5.41, 5.74) is 0. The minimum absolute atomic E-state index is 0. The first-order valence-corrected chi connectivity index (χ1v) is 3.04. The summed E-state index contributed by atoms with van der Waals surface area (Å²) in [6, 6.07) is 0.384. The van der Waals surface area contributed by atoms with E-state index in [0.717, 1.165) is 0 Å². The lowest BCUT2D eigenvalue weighted by Gasteiger charge is -2.22. The molecular formula is C8H12IN. The van der Waals surface area contributed by atoms with Crippen molar-refractivity contribution >= 4 is 24.0 Å². The van der Waals surface area contributed by atoms with Crippen LogP contribution in [0.15, 0.2) is 37.1 Å². The molecule has 0 saturated carbocycles. The fourth-order valence-corrected chi connectivity index (χ4v) is 0.843. The van der Waals surface area contributed by atoms with Crippen molar-refractivity contribution < 1.29 is 0 Å². The van der Waals surface area contributed by atoms with Crippen molar-refractivity contribution in [2.75, 3.05) is 7.05 Å². The van der Waals surface area contributed by atoms with Crippen LogP contribution in [0.5, 0.6) is 0 Å². The number of rotatable bonds is 1. The van der Waals surface area contributed by atoms with Gasteiger partial charge in [-0.05, 0) is 12.3 Å². The van der Waals surface area contributed by atoms with Crippen LogP contribution in [0.3, 0.4) is 0 Å². The molecule has 0 N–H and O–H groups in total. The van der Waals surface area contributed by atoms with E-state index in [1.54, 1.807) is 0 Å². The zero-order valence-corrected chi connectivity index (χ0v) is 8.36. The molecule has 0 bridgehead atoms. The van der Waals surface area contributed by atoms with Gasteiger partial charge in [0.25, 0.3) is 0 Å². The molecule has 0 aliphatic carbocycles. The fourth-order valence-electron chi connectivity index (χ4n) is 0.843. The van der Waals surface area contributed by atoms with Crippen LogP contribution in [-0.2, 0) is 0 Å². The van der Waals surface area contributed by atoms with E-state index >= 15 is 0 Å². The summed E-state index contributed by atoms with van der Waals surface area (Å²) in [4.78, 5) is 2.10. The van der Waals surface area contributed by atoms with E-state index in [4.69, 9.17) is 0 Å². The first-order chi connectivity index (χ1) is 4.34. The minimum Gasteiger partial charge on any atom is -0.371 e. The number of nitrogens with zero attached hydrogens (tertiary/aromatic N) is 1. The van der Waals surface area contributed by atoms with Crippen LogP contribution in [0, 0.1) is 0 Å². The number of allylic oxidation sites excluding steroid dienone is 2. The molecule has 0 fully saturated rings. The topological polar surface area (TPSA) is 3.24 Å². The summed E-state index contributed by atoms with van der Waals surface area (Å²) in [6.07, 6.45) is 10.1. The molecule has 0 saturated heterocycles. The van der Waals surface area contributed by atoms with Crippen LogP contribution >= 0.6 is 24.0 Å². The molecule has 10 heavy (non-hydrogen) atoms. The number of hydrogen-bond acceptors (Lipinski definition) is 1. The molecule has 1 atom stereocenters. The normalized spacial score (nSPS) is 22.1. The van der Waals surface area contributed by atoms with Gasteiger partial charge < -0.3 is 4.90 Å². The lowest BCUT2D eigenvalue weighted by molar-refractivity contribution is 0.434. The number of halogens is 1. The molecular weight excluding hydrogens is 237 g/mol. The Balaban J connectivity index is 0.000000810. The lowest BCUT2D eigenvalue weighted by Crippen LogP contribution is -2.23. The van der Waals surface area contributed by atoms with E-state index in [-0.39, 0.29) is 24.0 Å². The van der Waals surface area contributed by atoms with Crippen LogP contribution < -0.4 is 0 Å². The van der Waals surface area contributed by atoms with Gasteiger partial charge in [-0.25, -0.2) is 0 Å². The molecule has 1 rings (SSSR count). The van der Waals surface area contributed by atoms with Crippen molar-refractivity contribution in [1.82, 2.24) is 4.90 Å². The second kappa shape index (κ2) is 4.55. The van der Waals surface area contributed by atoms with Crippen LogP contribution in [-0.4, -0.2) is 18.0 Å². The molecule has 1 aliphatic rings. The van der Waals surface area contributed by atoms with Gasteiger partial charge in [0.05, 0.1) is 6.04 Å². The Morgan fingerprint density at radius 1 is 1.50 bits per heavy atom. The standard InChI is InChI=1S/C8H11N.HI/c1-3-8-6-4-5-7-9(8)2;/h3-8H,1H2,2H3;1H. The van der Waals surface area contributed by atoms with Crippen molar-refractivity contribution in [3.63, 3.8) is 0 Å². The van der Waals surface area contributed by atoms with Gasteiger partial charge in [0, 0.05) is 7.05 Å². The summed E-state index contributed by atoms with van der Waals surface area (Å²) in [6.45, 7) is 3.71. The van der Waals surface area contributed by atoms with E-state index in [2.05, 4.69) is 17.6 Å². The first-order valence-electron chi connectivity index (χ1n) is 3.04. The zero-order chi connectivity index (χ0) is 6.69. The first kappa shape index (κ1) is 9.75. The Morgan fingerprint density at radius 3 is 2.60 bits per heavy atom. The third kappa shape index (κ3) is 2.17. The molecule has 1 nitrogen and oxygen atoms in total. The van der Waals surface area contributed by atoms with Gasteiger partial charge in [-0.15, -0.1) is 30.6 Å². The van der Waals surface area contributed by atoms with Crippen molar-refractivity contribution in [1.29, 1.82) is 0 Å². The monoisotopic (exact) mass is 249 g/mol. The summed E-state index contributed by atoms with van der Waals surface area (Å²) in [5.74, 6) is 0. The molecule has 2 heteroatoms. The average Bonchev–Trinajstić information content (AvgIpc) is 1.89. The number of likely N-dealkylation sites (N-methyl/N-ethyl adjacent to an activating group) is 1. The van der Waals surface area contributed by atoms with Crippen molar-refractivity contribution in [3.05, 3.63) is 37.1 Å². The highest BCUT2D eigenvalue weighted by Gasteiger charge is 2.03. The third-order valence-electron chi connectivity index (χ3n) is 1.45. The summed E-state index contributed by atoms with van der Waals surface area (Å²) in [5, 5.41) is 0. The predicted molar refractivity (Wildman–Crippen MR) is 55.4 cm³/mol. The Hall–Kier alpha value is -0.250. The zero-order valence-electron chi connectivity index (χ0n) is 6.03. The smallest absolute Gasteiger partial charge is 0.0648 e. The molecule has 1 unspecified atom stereocenters. The van der Waals surface area contributed by atoms with E-state index in [1.165, 1.54) is 0 Å². The Bertz CT molecular complexity index is 161. The minimum atomic E-state index is 0. The molecule has 0 aromatic heterocycles. The fraction of sp³-hybridized carbons (Fsp3) is 0.250. The molecule has 0 aromatic rings. The maximum absolute atomic E-state index is 3.71. The molecule has 0 amide bonds. The van der Waals surface area contributed by atoms with Gasteiger partial charge >= 0.3 is 0 Å². The summed E-state index contributed by atoms with van der Waals surface area (Å²) < 4.78 is 0. The molecule has 56 valence electrons. The van der Waals surface area contributed by atoms with E-state index in [0.29, 0.717) is 6.04 Å². The van der Waals surface area contributed by atoms with Gasteiger partial charge in [-0.3, -0.25) is 0 Å². The van der Waals surface area contributed by atoms with Crippen LogP contribution in [0.2, 0.25) is 0 Å². The van der Waals surface area contributed by atoms with Crippen molar-refractivity contribution in [2.24, 2.45) is 0 Å². The van der Waals surface area contributed by atoms with Gasteiger partial charge in [0.2, 0.25) is 0 Å². The van der Waals surface area contributed by atoms with E-state index in [9.17, 15) is 0 Å². The predicted octanol–water partition coefficient (Wildman–Crippen LogP) is 2.17. The highest BCUT2D eigenvalue weighted by molar-refractivity contribution is 14.0. The van der Waals surface area contributed by atoms with Crippen molar-refractivity contribution in [3.8, 4) is 0 Å². The van der Waals surface area contributed by atoms with Crippen LogP contribution in [0.4, 0.5) is 0 Å². The second-order valence-corrected chi connectivity index (χ2v) is 2.12. The van der Waals surface area contributed by atoms with Crippen LogP contribution in [0.1, 0.15) is 0 Å². The van der Waals surface area contributed by atoms with Gasteiger partial charge in [0.1, 0.15) is 0 Å². The van der Waals surface area contributed by atoms with Crippen LogP contribution in [0.25, 0.3) is 0 Å². The van der Waals surface area contributed by atoms with Gasteiger partial charge in [-0.2, -0.15) is 0 Å². The quantitative estimate of drug-likeness (QED) is 0.508. The molecule has 1 heterocycles. The number of hydrogen-bond donors (Lipinski definition) is 0. The second-order valence-electron chi connectivity index (χ2n) is 2.12. The Morgan fingerprint density at radius 2 is 2.20 bits per heavy atom.